The average Bonchev–Trinajstić information content (AvgIpc) is 3.72. The highest BCUT2D eigenvalue weighted by atomic mass is 16.6. The second-order valence-corrected chi connectivity index (χ2v) is 10.7. The molecule has 1 aliphatic carbocycles. The SMILES string of the molecule is CCCN1CCC(C#N)(NC2OC2[C@@]2(Nc3nc(=O)oc4ccccc34)CC2CC(C)C)CC1. The molecule has 0 bridgehead atoms. The van der Waals surface area contributed by atoms with Crippen molar-refractivity contribution in [3.63, 3.8) is 0 Å². The lowest BCUT2D eigenvalue weighted by atomic mass is 9.88. The van der Waals surface area contributed by atoms with Crippen LogP contribution >= 0.6 is 0 Å². The van der Waals surface area contributed by atoms with Crippen LogP contribution in [0.15, 0.2) is 33.5 Å². The molecule has 1 saturated carbocycles. The molecule has 182 valence electrons. The van der Waals surface area contributed by atoms with Crippen molar-refractivity contribution in [2.24, 2.45) is 11.8 Å². The van der Waals surface area contributed by atoms with Gasteiger partial charge in [0.1, 0.15) is 29.3 Å². The van der Waals surface area contributed by atoms with Gasteiger partial charge in [-0.25, -0.2) is 4.79 Å². The smallest absolute Gasteiger partial charge is 0.408 e. The van der Waals surface area contributed by atoms with Crippen molar-refractivity contribution < 1.29 is 9.15 Å². The third-order valence-corrected chi connectivity index (χ3v) is 7.68. The summed E-state index contributed by atoms with van der Waals surface area (Å²) in [7, 11) is 0. The minimum absolute atomic E-state index is 0.0667. The molecule has 0 spiro atoms. The molecular weight excluding hydrogens is 430 g/mol. The van der Waals surface area contributed by atoms with Gasteiger partial charge < -0.3 is 19.4 Å². The number of epoxide rings is 1. The van der Waals surface area contributed by atoms with Gasteiger partial charge in [0.2, 0.25) is 0 Å². The van der Waals surface area contributed by atoms with Gasteiger partial charge in [0, 0.05) is 13.1 Å². The molecule has 1 aromatic carbocycles. The zero-order valence-electron chi connectivity index (χ0n) is 20.3. The highest BCUT2D eigenvalue weighted by molar-refractivity contribution is 5.87. The van der Waals surface area contributed by atoms with Crippen molar-refractivity contribution in [3.05, 3.63) is 34.8 Å². The highest BCUT2D eigenvalue weighted by Crippen LogP contribution is 2.58. The number of nitrogens with one attached hydrogen (secondary N) is 2. The van der Waals surface area contributed by atoms with Crippen LogP contribution in [-0.2, 0) is 4.74 Å². The predicted octanol–water partition coefficient (Wildman–Crippen LogP) is 3.49. The van der Waals surface area contributed by atoms with Gasteiger partial charge in [-0.2, -0.15) is 10.2 Å². The van der Waals surface area contributed by atoms with Gasteiger partial charge in [-0.1, -0.05) is 32.9 Å². The van der Waals surface area contributed by atoms with E-state index in [0.717, 1.165) is 57.1 Å². The van der Waals surface area contributed by atoms with E-state index >= 15 is 0 Å². The van der Waals surface area contributed by atoms with Gasteiger partial charge in [0.25, 0.3) is 0 Å². The number of likely N-dealkylation sites (tertiary alicyclic amines) is 1. The lowest BCUT2D eigenvalue weighted by molar-refractivity contribution is 0.154. The fourth-order valence-electron chi connectivity index (χ4n) is 5.77. The summed E-state index contributed by atoms with van der Waals surface area (Å²) < 4.78 is 11.5. The van der Waals surface area contributed by atoms with E-state index in [9.17, 15) is 10.1 Å². The Labute approximate surface area is 200 Å². The first-order valence-corrected chi connectivity index (χ1v) is 12.6. The highest BCUT2D eigenvalue weighted by Gasteiger charge is 2.69. The molecule has 8 heteroatoms. The molecule has 0 radical (unpaired) electrons. The van der Waals surface area contributed by atoms with E-state index in [-0.39, 0.29) is 17.9 Å². The van der Waals surface area contributed by atoms with Gasteiger partial charge in [0.05, 0.1) is 17.0 Å². The molecule has 2 aromatic rings. The van der Waals surface area contributed by atoms with Crippen molar-refractivity contribution in [2.75, 3.05) is 25.0 Å². The van der Waals surface area contributed by atoms with Crippen LogP contribution in [0.3, 0.4) is 0 Å². The Hall–Kier alpha value is -2.47. The molecule has 2 aliphatic heterocycles. The van der Waals surface area contributed by atoms with Crippen LogP contribution in [0.5, 0.6) is 0 Å². The first kappa shape index (κ1) is 23.3. The van der Waals surface area contributed by atoms with Gasteiger partial charge in [-0.05, 0) is 62.6 Å². The van der Waals surface area contributed by atoms with Gasteiger partial charge in [0.15, 0.2) is 0 Å². The molecule has 5 rings (SSSR count). The third-order valence-electron chi connectivity index (χ3n) is 7.68. The fourth-order valence-corrected chi connectivity index (χ4v) is 5.77. The summed E-state index contributed by atoms with van der Waals surface area (Å²) in [6, 6.07) is 10.0. The maximum atomic E-state index is 12.1. The number of piperidine rings is 1. The number of hydrogen-bond donors (Lipinski definition) is 2. The first-order valence-electron chi connectivity index (χ1n) is 12.6. The number of para-hydroxylation sites is 1. The van der Waals surface area contributed by atoms with Crippen molar-refractivity contribution in [1.29, 1.82) is 5.26 Å². The summed E-state index contributed by atoms with van der Waals surface area (Å²) >= 11 is 0. The van der Waals surface area contributed by atoms with Crippen LogP contribution in [0.2, 0.25) is 0 Å². The van der Waals surface area contributed by atoms with Crippen LogP contribution in [0.25, 0.3) is 11.0 Å². The molecule has 34 heavy (non-hydrogen) atoms. The van der Waals surface area contributed by atoms with Crippen molar-refractivity contribution in [2.45, 2.75) is 76.3 Å². The summed E-state index contributed by atoms with van der Waals surface area (Å²) in [5, 5.41) is 18.0. The summed E-state index contributed by atoms with van der Waals surface area (Å²) in [4.78, 5) is 18.7. The molecule has 3 aliphatic rings. The lowest BCUT2D eigenvalue weighted by Crippen LogP contribution is -2.54. The Kier molecular flexibility index (Phi) is 6.13. The van der Waals surface area contributed by atoms with Crippen molar-refractivity contribution in [3.8, 4) is 6.07 Å². The number of aromatic nitrogens is 1. The lowest BCUT2D eigenvalue weighted by Gasteiger charge is -2.37. The first-order chi connectivity index (χ1) is 16.4. The van der Waals surface area contributed by atoms with E-state index in [1.807, 2.05) is 18.2 Å². The second-order valence-electron chi connectivity index (χ2n) is 10.7. The van der Waals surface area contributed by atoms with Crippen LogP contribution in [0.1, 0.15) is 52.9 Å². The number of hydrogen-bond acceptors (Lipinski definition) is 8. The third kappa shape index (κ3) is 4.45. The number of fused-ring (bicyclic) bond motifs is 1. The summed E-state index contributed by atoms with van der Waals surface area (Å²) in [5.74, 6) is 0.917. The zero-order chi connectivity index (χ0) is 23.9. The molecule has 8 nitrogen and oxygen atoms in total. The minimum atomic E-state index is -0.605. The van der Waals surface area contributed by atoms with E-state index in [0.29, 0.717) is 23.2 Å². The summed E-state index contributed by atoms with van der Waals surface area (Å²) in [5.41, 5.74) is -0.327. The van der Waals surface area contributed by atoms with E-state index in [4.69, 9.17) is 9.15 Å². The monoisotopic (exact) mass is 465 g/mol. The van der Waals surface area contributed by atoms with Gasteiger partial charge in [-0.15, -0.1) is 0 Å². The molecular formula is C26H35N5O3. The Balaban J connectivity index is 1.35. The fraction of sp³-hybridized carbons (Fsp3) is 0.654. The average molecular weight is 466 g/mol. The Morgan fingerprint density at radius 1 is 1.29 bits per heavy atom. The maximum Gasteiger partial charge on any atom is 0.441 e. The van der Waals surface area contributed by atoms with Crippen molar-refractivity contribution in [1.82, 2.24) is 15.2 Å². The van der Waals surface area contributed by atoms with Crippen LogP contribution in [-0.4, -0.2) is 52.9 Å². The van der Waals surface area contributed by atoms with Crippen LogP contribution in [0.4, 0.5) is 5.82 Å². The molecule has 3 unspecified atom stereocenters. The number of nitriles is 1. The number of ether oxygens (including phenoxy) is 1. The Morgan fingerprint density at radius 2 is 2.06 bits per heavy atom. The minimum Gasteiger partial charge on any atom is -0.408 e. The van der Waals surface area contributed by atoms with E-state index < -0.39 is 11.3 Å². The topological polar surface area (TPSA) is 107 Å². The Morgan fingerprint density at radius 3 is 2.76 bits per heavy atom. The van der Waals surface area contributed by atoms with E-state index in [1.54, 1.807) is 6.07 Å². The molecule has 4 atom stereocenters. The van der Waals surface area contributed by atoms with Gasteiger partial charge in [-0.3, -0.25) is 5.32 Å². The second kappa shape index (κ2) is 8.95. The van der Waals surface area contributed by atoms with Crippen molar-refractivity contribution >= 4 is 16.8 Å². The molecule has 1 aromatic heterocycles. The largest absolute Gasteiger partial charge is 0.441 e. The zero-order valence-corrected chi connectivity index (χ0v) is 20.3. The molecule has 2 N–H and O–H groups in total. The molecule has 3 fully saturated rings. The quantitative estimate of drug-likeness (QED) is 0.542. The molecule has 2 saturated heterocycles. The number of benzene rings is 1. The normalized spacial score (nSPS) is 30.3. The molecule has 3 heterocycles. The van der Waals surface area contributed by atoms with Gasteiger partial charge >= 0.3 is 5.76 Å². The number of rotatable bonds is 9. The summed E-state index contributed by atoms with van der Waals surface area (Å²) in [6.45, 7) is 9.59. The number of anilines is 1. The molecule has 0 amide bonds. The van der Waals surface area contributed by atoms with Crippen LogP contribution in [0, 0.1) is 23.2 Å². The standard InChI is InChI=1S/C26H35N5O3/c1-4-11-31-12-9-25(16-27,10-13-31)30-23-21(34-23)26(15-18(26)14-17(2)3)29-22-19-7-5-6-8-20(19)33-24(32)28-22/h5-8,17-18,21,23,30H,4,9-15H2,1-3H3,(H,28,29,32)/t18?,21?,23?,26-/m1/s1. The predicted molar refractivity (Wildman–Crippen MR) is 130 cm³/mol. The summed E-state index contributed by atoms with van der Waals surface area (Å²) in [6.07, 6.45) is 4.52. The maximum absolute atomic E-state index is 12.1. The Bertz CT molecular complexity index is 1130. The number of nitrogens with zero attached hydrogens (tertiary/aromatic N) is 3. The van der Waals surface area contributed by atoms with E-state index in [2.05, 4.69) is 47.4 Å². The van der Waals surface area contributed by atoms with Crippen LogP contribution < -0.4 is 16.4 Å². The van der Waals surface area contributed by atoms with E-state index in [1.165, 1.54) is 0 Å².